The van der Waals surface area contributed by atoms with Gasteiger partial charge in [0.05, 0.1) is 0 Å². The molecule has 0 radical (unpaired) electrons. The van der Waals surface area contributed by atoms with E-state index < -0.39 is 15.5 Å². The summed E-state index contributed by atoms with van der Waals surface area (Å²) in [4.78, 5) is 35.8. The van der Waals surface area contributed by atoms with Crippen LogP contribution >= 0.6 is 15.5 Å². The molecule has 7 nitrogen and oxygen atoms in total. The number of hydrogen-bond acceptors (Lipinski definition) is 2. The molecule has 0 aliphatic heterocycles. The molecule has 4 N–H and O–H groups in total. The molecular formula is C16H37NO6P2. The van der Waals surface area contributed by atoms with Crippen molar-refractivity contribution in [1.29, 1.82) is 0 Å². The third-order valence-corrected chi connectivity index (χ3v) is 7.31. The monoisotopic (exact) mass is 401 g/mol. The Morgan fingerprint density at radius 3 is 1.12 bits per heavy atom. The predicted molar refractivity (Wildman–Crippen MR) is 101 cm³/mol. The van der Waals surface area contributed by atoms with Crippen molar-refractivity contribution in [3.8, 4) is 0 Å². The number of nitrogens with zero attached hydrogens (tertiary/aromatic N) is 1. The summed E-state index contributed by atoms with van der Waals surface area (Å²) in [5, 5.41) is 0. The minimum Gasteiger partial charge on any atom is -0.312 e. The molecule has 9 heteroatoms. The molecular weight excluding hydrogens is 364 g/mol. The topological polar surface area (TPSA) is 118 Å². The molecule has 0 atom stereocenters. The molecule has 0 rings (SSSR count). The zero-order valence-corrected chi connectivity index (χ0v) is 17.3. The van der Waals surface area contributed by atoms with Crippen LogP contribution in [0.25, 0.3) is 0 Å². The van der Waals surface area contributed by atoms with E-state index in [9.17, 15) is 9.13 Å². The first kappa shape index (κ1) is 25.3. The van der Waals surface area contributed by atoms with E-state index in [1.54, 1.807) is 0 Å². The molecule has 152 valence electrons. The zero-order valence-electron chi connectivity index (χ0n) is 15.6. The van der Waals surface area contributed by atoms with Crippen molar-refractivity contribution < 1.29 is 28.7 Å². The average Bonchev–Trinajstić information content (AvgIpc) is 2.48. The van der Waals surface area contributed by atoms with Gasteiger partial charge in [-0.05, 0) is 6.42 Å². The van der Waals surface area contributed by atoms with Crippen LogP contribution < -0.4 is 0 Å². The van der Waals surface area contributed by atoms with E-state index in [2.05, 4.69) is 6.92 Å². The fraction of sp³-hybridized carbons (Fsp3) is 1.00. The second kappa shape index (κ2) is 14.3. The summed E-state index contributed by atoms with van der Waals surface area (Å²) in [6.45, 7) is 1.94. The maximum absolute atomic E-state index is 11.1. The predicted octanol–water partition coefficient (Wildman–Crippen LogP) is 4.96. The maximum Gasteiger partial charge on any atom is 0.412 e. The smallest absolute Gasteiger partial charge is 0.312 e. The summed E-state index contributed by atoms with van der Waals surface area (Å²) >= 11 is 0. The van der Waals surface area contributed by atoms with Gasteiger partial charge in [0.15, 0.2) is 0 Å². The van der Waals surface area contributed by atoms with Gasteiger partial charge in [-0.2, -0.15) is 0 Å². The van der Waals surface area contributed by atoms with Crippen molar-refractivity contribution in [2.45, 2.75) is 96.8 Å². The van der Waals surface area contributed by atoms with Gasteiger partial charge in [-0.1, -0.05) is 90.4 Å². The number of rotatable bonds is 17. The maximum atomic E-state index is 11.1. The Morgan fingerprint density at radius 1 is 0.560 bits per heavy atom. The molecule has 0 heterocycles. The molecule has 0 bridgehead atoms. The molecule has 0 amide bonds. The van der Waals surface area contributed by atoms with E-state index in [0.29, 0.717) is 12.8 Å². The lowest BCUT2D eigenvalue weighted by Gasteiger charge is -2.23. The normalized spacial score (nSPS) is 12.9. The molecule has 0 aromatic rings. The second-order valence-electron chi connectivity index (χ2n) is 6.72. The third-order valence-electron chi connectivity index (χ3n) is 4.31. The van der Waals surface area contributed by atoms with E-state index in [-0.39, 0.29) is 11.0 Å². The van der Waals surface area contributed by atoms with Gasteiger partial charge in [0.2, 0.25) is 0 Å². The molecule has 0 spiro atoms. The summed E-state index contributed by atoms with van der Waals surface area (Å²) in [6, 6.07) is 0. The van der Waals surface area contributed by atoms with Gasteiger partial charge < -0.3 is 19.6 Å². The Labute approximate surface area is 152 Å². The fourth-order valence-electron chi connectivity index (χ4n) is 2.86. The molecule has 0 saturated carbocycles. The van der Waals surface area contributed by atoms with E-state index in [4.69, 9.17) is 19.6 Å². The summed E-state index contributed by atoms with van der Waals surface area (Å²) in [5.74, 6) is 0. The van der Waals surface area contributed by atoms with E-state index in [1.807, 2.05) is 0 Å². The minimum atomic E-state index is -4.91. The van der Waals surface area contributed by atoms with E-state index >= 15 is 0 Å². The minimum absolute atomic E-state index is 0.000507. The Kier molecular flexibility index (Phi) is 14.5. The quantitative estimate of drug-likeness (QED) is 0.201. The molecule has 0 saturated heterocycles. The van der Waals surface area contributed by atoms with Crippen molar-refractivity contribution in [3.63, 3.8) is 0 Å². The first-order valence-corrected chi connectivity index (χ1v) is 12.7. The third kappa shape index (κ3) is 15.1. The summed E-state index contributed by atoms with van der Waals surface area (Å²) < 4.78 is 22.1. The highest BCUT2D eigenvalue weighted by molar-refractivity contribution is 7.65. The average molecular weight is 401 g/mol. The molecule has 25 heavy (non-hydrogen) atoms. The molecule has 0 aliphatic rings. The first-order chi connectivity index (χ1) is 11.7. The van der Waals surface area contributed by atoms with Gasteiger partial charge in [0, 0.05) is 6.54 Å². The molecule has 0 unspecified atom stereocenters. The highest BCUT2D eigenvalue weighted by atomic mass is 31.3. The van der Waals surface area contributed by atoms with Crippen LogP contribution in [0.4, 0.5) is 0 Å². The van der Waals surface area contributed by atoms with Crippen LogP contribution in [0, 0.1) is 0 Å². The summed E-state index contributed by atoms with van der Waals surface area (Å²) in [7, 11) is -9.83. The Balaban J connectivity index is 3.50. The summed E-state index contributed by atoms with van der Waals surface area (Å²) in [6.07, 6.45) is 16.0. The van der Waals surface area contributed by atoms with Crippen LogP contribution in [0.2, 0.25) is 0 Å². The molecule has 0 fully saturated rings. The van der Waals surface area contributed by atoms with E-state index in [0.717, 1.165) is 19.3 Å². The highest BCUT2D eigenvalue weighted by Crippen LogP contribution is 2.57. The molecule has 0 aromatic carbocycles. The summed E-state index contributed by atoms with van der Waals surface area (Å²) in [5.41, 5.74) is 0. The van der Waals surface area contributed by atoms with Crippen molar-refractivity contribution >= 4 is 15.5 Å². The lowest BCUT2D eigenvalue weighted by atomic mass is 10.0. The Morgan fingerprint density at radius 2 is 0.840 bits per heavy atom. The van der Waals surface area contributed by atoms with Crippen molar-refractivity contribution in [1.82, 2.24) is 4.44 Å². The van der Waals surface area contributed by atoms with Crippen LogP contribution in [0.1, 0.15) is 96.8 Å². The van der Waals surface area contributed by atoms with Crippen molar-refractivity contribution in [2.24, 2.45) is 0 Å². The zero-order chi connectivity index (χ0) is 19.2. The van der Waals surface area contributed by atoms with Crippen LogP contribution in [-0.2, 0) is 9.13 Å². The first-order valence-electron chi connectivity index (χ1n) is 9.59. The van der Waals surface area contributed by atoms with Gasteiger partial charge in [-0.25, -0.2) is 9.13 Å². The lowest BCUT2D eigenvalue weighted by Crippen LogP contribution is -2.18. The second-order valence-corrected chi connectivity index (χ2v) is 10.1. The number of unbranched alkanes of at least 4 members (excludes halogenated alkanes) is 13. The standard InChI is InChI=1S/C16H37NO6P2/c1-2-3-4-5-6-7-8-9-10-11-12-13-14-15-16-17(24(18,19)20)25(21,22)23/h2-16H2,1H3,(H2,18,19,20)(H2,21,22,23). The largest absolute Gasteiger partial charge is 0.412 e. The fourth-order valence-corrected chi connectivity index (χ4v) is 4.88. The van der Waals surface area contributed by atoms with Gasteiger partial charge in [-0.15, -0.1) is 4.44 Å². The van der Waals surface area contributed by atoms with Gasteiger partial charge in [-0.3, -0.25) is 0 Å². The number of hydrogen-bond donors (Lipinski definition) is 4. The van der Waals surface area contributed by atoms with Crippen LogP contribution in [0.3, 0.4) is 0 Å². The van der Waals surface area contributed by atoms with Gasteiger partial charge >= 0.3 is 15.5 Å². The van der Waals surface area contributed by atoms with Crippen molar-refractivity contribution in [3.05, 3.63) is 0 Å². The van der Waals surface area contributed by atoms with E-state index in [1.165, 1.54) is 57.8 Å². The molecule has 0 aliphatic carbocycles. The Hall–Kier alpha value is 0.260. The lowest BCUT2D eigenvalue weighted by molar-refractivity contribution is 0.266. The highest BCUT2D eigenvalue weighted by Gasteiger charge is 2.38. The van der Waals surface area contributed by atoms with Crippen LogP contribution in [0.5, 0.6) is 0 Å². The van der Waals surface area contributed by atoms with Crippen LogP contribution in [0.15, 0.2) is 0 Å². The SMILES string of the molecule is CCCCCCCCCCCCCCCCN(P(=O)(O)O)P(=O)(O)O. The van der Waals surface area contributed by atoms with Gasteiger partial charge in [0.1, 0.15) is 0 Å². The van der Waals surface area contributed by atoms with Crippen LogP contribution in [-0.4, -0.2) is 30.6 Å². The Bertz CT molecular complexity index is 387. The molecule has 0 aromatic heterocycles. The van der Waals surface area contributed by atoms with Gasteiger partial charge in [0.25, 0.3) is 0 Å². The van der Waals surface area contributed by atoms with Crippen molar-refractivity contribution in [2.75, 3.05) is 6.54 Å².